The fourth-order valence-electron chi connectivity index (χ4n) is 21.0. The third-order valence-electron chi connectivity index (χ3n) is 26.4. The maximum absolute atomic E-state index is 10.4. The normalized spacial score (nSPS) is 15.3. The molecule has 123 heavy (non-hydrogen) atoms. The first-order chi connectivity index (χ1) is 67.0. The van der Waals surface area contributed by atoms with E-state index in [4.69, 9.17) is 0 Å². The molecule has 0 saturated heterocycles. The van der Waals surface area contributed by atoms with Crippen molar-refractivity contribution in [2.24, 2.45) is 0 Å². The summed E-state index contributed by atoms with van der Waals surface area (Å²) in [6.07, 6.45) is 0. The molecule has 3 aromatic heterocycles. The molecule has 21 aromatic rings. The van der Waals surface area contributed by atoms with Gasteiger partial charge in [0.25, 0.3) is 6.71 Å². The van der Waals surface area contributed by atoms with Crippen molar-refractivity contribution >= 4 is 123 Å². The highest BCUT2D eigenvalue weighted by Gasteiger charge is 2.53. The second kappa shape index (κ2) is 26.5. The molecule has 5 heterocycles. The lowest BCUT2D eigenvalue weighted by Crippen LogP contribution is -2.61. The first-order valence-corrected chi connectivity index (χ1v) is 42.0. The van der Waals surface area contributed by atoms with E-state index in [1.165, 1.54) is 16.7 Å². The van der Waals surface area contributed by atoms with Crippen LogP contribution in [0.3, 0.4) is 0 Å². The molecule has 4 aliphatic rings. The van der Waals surface area contributed by atoms with Crippen molar-refractivity contribution in [2.45, 2.75) is 57.8 Å². The van der Waals surface area contributed by atoms with Crippen molar-refractivity contribution in [3.8, 4) is 83.8 Å². The van der Waals surface area contributed by atoms with Crippen LogP contribution in [0.1, 0.15) is 96.9 Å². The number of benzene rings is 18. The third-order valence-corrected chi connectivity index (χ3v) is 26.4. The Labute approximate surface area is 739 Å². The van der Waals surface area contributed by atoms with Gasteiger partial charge in [0.2, 0.25) is 0 Å². The van der Waals surface area contributed by atoms with Crippen LogP contribution in [0.2, 0.25) is 0 Å². The van der Waals surface area contributed by atoms with E-state index in [2.05, 4.69) is 268 Å². The van der Waals surface area contributed by atoms with Crippen LogP contribution in [-0.4, -0.2) is 20.4 Å². The predicted octanol–water partition coefficient (Wildman–Crippen LogP) is 28.7. The summed E-state index contributed by atoms with van der Waals surface area (Å²) < 4.78 is 162. The Balaban J connectivity index is 0.882. The van der Waals surface area contributed by atoms with Gasteiger partial charge in [-0.15, -0.1) is 0 Å². The van der Waals surface area contributed by atoms with Crippen molar-refractivity contribution in [1.29, 1.82) is 0 Å². The van der Waals surface area contributed by atoms with E-state index in [1.54, 1.807) is 9.13 Å². The minimum atomic E-state index is -0.816. The van der Waals surface area contributed by atoms with Gasteiger partial charge in [-0.2, -0.15) is 0 Å². The lowest BCUT2D eigenvalue weighted by Gasteiger charge is -2.45. The second-order valence-electron chi connectivity index (χ2n) is 35.0. The topological polar surface area (TPSA) is 21.3 Å². The van der Waals surface area contributed by atoms with Crippen molar-refractivity contribution in [3.05, 3.63) is 433 Å². The van der Waals surface area contributed by atoms with E-state index >= 15 is 0 Å². The average molecular weight is 1590 g/mol. The van der Waals surface area contributed by atoms with Gasteiger partial charge < -0.3 is 23.5 Å². The van der Waals surface area contributed by atoms with Gasteiger partial charge >= 0.3 is 0 Å². The number of hydrogen-bond donors (Lipinski definition) is 0. The summed E-state index contributed by atoms with van der Waals surface area (Å²) in [5.74, 6) is 0. The molecule has 5 nitrogen and oxygen atoms in total. The van der Waals surface area contributed by atoms with Crippen LogP contribution < -0.4 is 26.2 Å². The van der Waals surface area contributed by atoms with E-state index in [1.807, 2.05) is 91.0 Å². The van der Waals surface area contributed by atoms with Gasteiger partial charge in [0.15, 0.2) is 0 Å². The first kappa shape index (κ1) is 56.5. The molecular weight excluding hydrogens is 1490 g/mol. The number of para-hydroxylation sites is 7. The molecule has 580 valence electrons. The fourth-order valence-corrected chi connectivity index (χ4v) is 21.0. The average Bonchev–Trinajstić information content (AvgIpc) is 1.53. The van der Waals surface area contributed by atoms with Gasteiger partial charge in [0, 0.05) is 77.6 Å². The van der Waals surface area contributed by atoms with Gasteiger partial charge in [-0.3, -0.25) is 0 Å². The summed E-state index contributed by atoms with van der Waals surface area (Å²) in [6.45, 7) is 12.5. The molecule has 0 amide bonds. The molecule has 1 spiro atoms. The maximum Gasteiger partial charge on any atom is 0.252 e. The van der Waals surface area contributed by atoms with Gasteiger partial charge in [-0.1, -0.05) is 357 Å². The SMILES string of the molecule is [2H]c1c([2H])c([2H])c2c(c1[2H])c1c([2H])c([2H])c([2H])c([2H])c1n2-c1ccc2c(c1)N(c1cccc3c4cccc(-c5cccc6c5C5(c7ccccc7-c7ccccc75)c5ccccc5-6)c4n(-c4ccccc4)c13)c1cc(-n3c4c([2H])c([2H])c([2H])c([2H])c4c4c([2H])c([2H])c([2H])c([2H])c43)cc3c1B2c1ccc(-c2cc(C(C)(C)C)cc(C(C)(C)C)c2)cc1N3c1ccc(-c2ccccc2)cc1-c1ccccc1. The van der Waals surface area contributed by atoms with Gasteiger partial charge in [0.1, 0.15) is 0 Å². The molecule has 0 bridgehead atoms. The largest absolute Gasteiger partial charge is 0.311 e. The molecule has 2 aliphatic heterocycles. The predicted molar refractivity (Wildman–Crippen MR) is 519 cm³/mol. The Morgan fingerprint density at radius 1 is 0.260 bits per heavy atom. The molecule has 0 N–H and O–H groups in total. The van der Waals surface area contributed by atoms with E-state index in [9.17, 15) is 21.9 Å². The Morgan fingerprint density at radius 3 is 1.25 bits per heavy atom. The number of fused-ring (bicyclic) bond motifs is 23. The van der Waals surface area contributed by atoms with E-state index in [0.29, 0.717) is 28.3 Å². The molecule has 0 atom stereocenters. The van der Waals surface area contributed by atoms with E-state index in [0.717, 1.165) is 133 Å². The lowest BCUT2D eigenvalue weighted by molar-refractivity contribution is 0.569. The highest BCUT2D eigenvalue weighted by molar-refractivity contribution is 7.00. The summed E-state index contributed by atoms with van der Waals surface area (Å²) in [5, 5.41) is 1.25. The highest BCUT2D eigenvalue weighted by atomic mass is 15.2. The molecule has 6 heteroatoms. The summed E-state index contributed by atoms with van der Waals surface area (Å²) >= 11 is 0. The van der Waals surface area contributed by atoms with E-state index < -0.39 is 109 Å². The zero-order valence-electron chi connectivity index (χ0n) is 84.2. The maximum atomic E-state index is 10.4. The smallest absolute Gasteiger partial charge is 0.252 e. The van der Waals surface area contributed by atoms with Crippen LogP contribution in [0.5, 0.6) is 0 Å². The number of rotatable bonds is 9. The zero-order chi connectivity index (χ0) is 95.8. The molecule has 2 aliphatic carbocycles. The monoisotopic (exact) mass is 1590 g/mol. The quantitative estimate of drug-likeness (QED) is 0.134. The summed E-state index contributed by atoms with van der Waals surface area (Å²) in [4.78, 5) is 4.51. The third kappa shape index (κ3) is 10.3. The first-order valence-electron chi connectivity index (χ1n) is 50.0. The summed E-state index contributed by atoms with van der Waals surface area (Å²) in [6, 6.07) is 97.8. The van der Waals surface area contributed by atoms with Gasteiger partial charge in [-0.25, -0.2) is 0 Å². The van der Waals surface area contributed by atoms with Crippen molar-refractivity contribution in [1.82, 2.24) is 13.7 Å². The van der Waals surface area contributed by atoms with Crippen LogP contribution in [0.4, 0.5) is 34.1 Å². The molecule has 0 fully saturated rings. The van der Waals surface area contributed by atoms with Crippen molar-refractivity contribution in [3.63, 3.8) is 0 Å². The van der Waals surface area contributed by atoms with Crippen LogP contribution >= 0.6 is 0 Å². The Kier molecular flexibility index (Phi) is 12.2. The standard InChI is InChI=1S/C117H84BN5/c1-115(2,3)78-65-77(66-79(69-78)116(4,5)6)76-59-62-99-107(68-76)122(105-64-60-75(73-33-10-7-11-34-73)67-95(105)74-35-12-8-13-36-74)109-71-82(120-103-56-28-21-44-88(103)89-45-22-29-57-104(89)120)72-110-112(109)118(99)100-63-61-81(119-101-54-26-19-42-86(101)87-43-20-27-55-102(87)119)70-108(100)123(110)106-58-32-50-94-93-49-31-48-92(113(93)121(114(94)106)80-37-14-9-15-38-80)91-47-30-46-90-85-41-18-25-53-98(85)117(111(90)91)96-51-23-16-39-83(96)84-40-17-24-52-97(84)117/h7-72H,1-6H3/i19D,20D,21D,22D,26D,27D,28D,29D,42D,43D,44D,45D,54D,55D,56D,57D. The highest BCUT2D eigenvalue weighted by Crippen LogP contribution is 2.65. The second-order valence-corrected chi connectivity index (χ2v) is 35.0. The fraction of sp³-hybridized carbons (Fsp3) is 0.0769. The minimum absolute atomic E-state index is 0.0923. The van der Waals surface area contributed by atoms with Crippen LogP contribution in [0.25, 0.3) is 149 Å². The molecule has 18 aromatic carbocycles. The number of aromatic nitrogens is 3. The van der Waals surface area contributed by atoms with Gasteiger partial charge in [0.05, 0.1) is 77.5 Å². The summed E-state index contributed by atoms with van der Waals surface area (Å²) in [5.41, 5.74) is 25.7. The van der Waals surface area contributed by atoms with Crippen LogP contribution in [0, 0.1) is 0 Å². The molecule has 0 unspecified atom stereocenters. The Morgan fingerprint density at radius 2 is 0.683 bits per heavy atom. The molecular formula is C117H84BN5. The minimum Gasteiger partial charge on any atom is -0.311 e. The number of anilines is 6. The molecule has 0 radical (unpaired) electrons. The molecule has 0 saturated carbocycles. The Hall–Kier alpha value is -15.0. The summed E-state index contributed by atoms with van der Waals surface area (Å²) in [7, 11) is 0. The van der Waals surface area contributed by atoms with Gasteiger partial charge in [-0.05, 0) is 201 Å². The lowest BCUT2D eigenvalue weighted by atomic mass is 9.33. The zero-order valence-corrected chi connectivity index (χ0v) is 68.2. The molecule has 25 rings (SSSR count). The van der Waals surface area contributed by atoms with Crippen molar-refractivity contribution in [2.75, 3.05) is 9.80 Å². The number of hydrogen-bond acceptors (Lipinski definition) is 2. The van der Waals surface area contributed by atoms with Crippen LogP contribution in [-0.2, 0) is 16.2 Å². The van der Waals surface area contributed by atoms with E-state index in [-0.39, 0.29) is 65.8 Å². The van der Waals surface area contributed by atoms with Crippen molar-refractivity contribution < 1.29 is 21.9 Å². The Bertz CT molecular complexity index is 8830. The van der Waals surface area contributed by atoms with Crippen LogP contribution in [0.15, 0.2) is 400 Å². The number of nitrogens with zero attached hydrogens (tertiary/aromatic N) is 5.